The Kier molecular flexibility index (Phi) is 4.49. The first kappa shape index (κ1) is 18.3. The van der Waals surface area contributed by atoms with Crippen molar-refractivity contribution in [2.45, 2.75) is 32.7 Å². The second-order valence-corrected chi connectivity index (χ2v) is 6.99. The van der Waals surface area contributed by atoms with Crippen LogP contribution in [-0.4, -0.2) is 9.55 Å². The predicted molar refractivity (Wildman–Crippen MR) is 103 cm³/mol. The van der Waals surface area contributed by atoms with Crippen molar-refractivity contribution in [1.29, 1.82) is 0 Å². The molecule has 0 fully saturated rings. The summed E-state index contributed by atoms with van der Waals surface area (Å²) in [6, 6.07) is 17.5. The van der Waals surface area contributed by atoms with Gasteiger partial charge in [0.1, 0.15) is 18.2 Å². The van der Waals surface area contributed by atoms with Crippen LogP contribution in [0.3, 0.4) is 0 Å². The maximum Gasteiger partial charge on any atom is 0.416 e. The Morgan fingerprint density at radius 1 is 0.964 bits per heavy atom. The fraction of sp³-hybridized carbons (Fsp3) is 0.227. The summed E-state index contributed by atoms with van der Waals surface area (Å²) in [6.45, 7) is 4.11. The smallest absolute Gasteiger partial charge is 0.416 e. The van der Waals surface area contributed by atoms with Crippen molar-refractivity contribution in [2.75, 3.05) is 0 Å². The largest absolute Gasteiger partial charge is 0.486 e. The second kappa shape index (κ2) is 6.86. The molecule has 0 saturated heterocycles. The van der Waals surface area contributed by atoms with Crippen molar-refractivity contribution in [3.8, 4) is 5.75 Å². The molecule has 0 atom stereocenters. The molecule has 0 N–H and O–H groups in total. The normalized spacial score (nSPS) is 12.2. The van der Waals surface area contributed by atoms with E-state index in [0.29, 0.717) is 22.6 Å². The molecule has 0 unspecified atom stereocenters. The van der Waals surface area contributed by atoms with E-state index >= 15 is 0 Å². The van der Waals surface area contributed by atoms with E-state index in [9.17, 15) is 13.2 Å². The molecular weight excluding hydrogens is 365 g/mol. The lowest BCUT2D eigenvalue weighted by Crippen LogP contribution is -2.09. The molecule has 0 saturated carbocycles. The van der Waals surface area contributed by atoms with E-state index in [-0.39, 0.29) is 12.6 Å². The van der Waals surface area contributed by atoms with E-state index in [1.54, 1.807) is 0 Å². The third-order valence-corrected chi connectivity index (χ3v) is 4.70. The van der Waals surface area contributed by atoms with Gasteiger partial charge >= 0.3 is 6.18 Å². The van der Waals surface area contributed by atoms with E-state index in [0.717, 1.165) is 22.9 Å². The zero-order chi connectivity index (χ0) is 19.9. The maximum atomic E-state index is 13.0. The topological polar surface area (TPSA) is 27.1 Å². The van der Waals surface area contributed by atoms with Crippen LogP contribution < -0.4 is 4.74 Å². The first-order chi connectivity index (χ1) is 13.3. The number of nitrogens with zero attached hydrogens (tertiary/aromatic N) is 2. The van der Waals surface area contributed by atoms with Gasteiger partial charge in [-0.2, -0.15) is 13.2 Å². The van der Waals surface area contributed by atoms with Gasteiger partial charge in [0.05, 0.1) is 16.6 Å². The quantitative estimate of drug-likeness (QED) is 0.409. The van der Waals surface area contributed by atoms with Gasteiger partial charge in [-0.25, -0.2) is 4.98 Å². The minimum absolute atomic E-state index is 0.0388. The summed E-state index contributed by atoms with van der Waals surface area (Å²) in [5.41, 5.74) is 0.288. The molecule has 0 bridgehead atoms. The number of rotatable bonds is 4. The number of halogens is 3. The molecule has 0 spiro atoms. The summed E-state index contributed by atoms with van der Waals surface area (Å²) in [5, 5.41) is 2.18. The van der Waals surface area contributed by atoms with E-state index in [4.69, 9.17) is 4.74 Å². The number of imidazole rings is 1. The van der Waals surface area contributed by atoms with Crippen LogP contribution in [0.15, 0.2) is 60.7 Å². The SMILES string of the molecule is CC(C)n1c(COc2ccc3ccccc3c2)nc2cc(C(F)(F)F)ccc21. The summed E-state index contributed by atoms with van der Waals surface area (Å²) in [6.07, 6.45) is -4.39. The number of aromatic nitrogens is 2. The van der Waals surface area contributed by atoms with Gasteiger partial charge in [-0.15, -0.1) is 0 Å². The van der Waals surface area contributed by atoms with Crippen molar-refractivity contribution < 1.29 is 17.9 Å². The van der Waals surface area contributed by atoms with Crippen LogP contribution in [0.2, 0.25) is 0 Å². The van der Waals surface area contributed by atoms with Gasteiger partial charge in [0, 0.05) is 6.04 Å². The number of hydrogen-bond acceptors (Lipinski definition) is 2. The lowest BCUT2D eigenvalue weighted by Gasteiger charge is -2.14. The van der Waals surface area contributed by atoms with Gasteiger partial charge in [-0.05, 0) is 55.0 Å². The van der Waals surface area contributed by atoms with Crippen LogP contribution in [-0.2, 0) is 12.8 Å². The molecule has 1 aromatic heterocycles. The number of fused-ring (bicyclic) bond motifs is 2. The second-order valence-electron chi connectivity index (χ2n) is 6.99. The van der Waals surface area contributed by atoms with Crippen molar-refractivity contribution in [1.82, 2.24) is 9.55 Å². The Morgan fingerprint density at radius 2 is 1.71 bits per heavy atom. The number of alkyl halides is 3. The standard InChI is InChI=1S/C22H19F3N2O/c1-14(2)27-20-10-8-17(22(23,24)25)12-19(20)26-21(27)13-28-18-9-7-15-5-3-4-6-16(15)11-18/h3-12,14H,13H2,1-2H3. The lowest BCUT2D eigenvalue weighted by atomic mass is 10.1. The summed E-state index contributed by atoms with van der Waals surface area (Å²) < 4.78 is 46.9. The van der Waals surface area contributed by atoms with Crippen LogP contribution in [0.1, 0.15) is 31.3 Å². The van der Waals surface area contributed by atoms with Crippen molar-refractivity contribution in [3.05, 3.63) is 72.1 Å². The molecule has 3 nitrogen and oxygen atoms in total. The molecule has 0 aliphatic rings. The summed E-state index contributed by atoms with van der Waals surface area (Å²) in [4.78, 5) is 4.42. The predicted octanol–water partition coefficient (Wildman–Crippen LogP) is 6.37. The van der Waals surface area contributed by atoms with Gasteiger partial charge < -0.3 is 9.30 Å². The molecule has 0 radical (unpaired) electrons. The van der Waals surface area contributed by atoms with Crippen molar-refractivity contribution in [2.24, 2.45) is 0 Å². The molecule has 6 heteroatoms. The number of ether oxygens (including phenoxy) is 1. The average molecular weight is 384 g/mol. The van der Waals surface area contributed by atoms with E-state index in [2.05, 4.69) is 4.98 Å². The Morgan fingerprint density at radius 3 is 2.43 bits per heavy atom. The Hall–Kier alpha value is -3.02. The van der Waals surface area contributed by atoms with E-state index in [1.165, 1.54) is 6.07 Å². The first-order valence-corrected chi connectivity index (χ1v) is 9.02. The van der Waals surface area contributed by atoms with Gasteiger partial charge in [0.25, 0.3) is 0 Å². The van der Waals surface area contributed by atoms with Crippen LogP contribution in [0, 0.1) is 0 Å². The van der Waals surface area contributed by atoms with Gasteiger partial charge in [0.2, 0.25) is 0 Å². The molecule has 0 aliphatic carbocycles. The fourth-order valence-electron chi connectivity index (χ4n) is 3.41. The van der Waals surface area contributed by atoms with E-state index in [1.807, 2.05) is 60.9 Å². The van der Waals surface area contributed by atoms with Gasteiger partial charge in [-0.3, -0.25) is 0 Å². The van der Waals surface area contributed by atoms with Gasteiger partial charge in [-0.1, -0.05) is 30.3 Å². The highest BCUT2D eigenvalue weighted by Crippen LogP contribution is 2.32. The van der Waals surface area contributed by atoms with Crippen molar-refractivity contribution >= 4 is 21.8 Å². The molecule has 4 rings (SSSR count). The van der Waals surface area contributed by atoms with Crippen molar-refractivity contribution in [3.63, 3.8) is 0 Å². The zero-order valence-corrected chi connectivity index (χ0v) is 15.5. The Bertz CT molecular complexity index is 1150. The maximum absolute atomic E-state index is 13.0. The van der Waals surface area contributed by atoms with Crippen LogP contribution in [0.4, 0.5) is 13.2 Å². The highest BCUT2D eigenvalue weighted by molar-refractivity contribution is 5.83. The summed E-state index contributed by atoms with van der Waals surface area (Å²) in [5.74, 6) is 1.29. The zero-order valence-electron chi connectivity index (χ0n) is 15.5. The Labute approximate surface area is 160 Å². The third-order valence-electron chi connectivity index (χ3n) is 4.70. The molecule has 3 aromatic carbocycles. The molecule has 0 aliphatic heterocycles. The summed E-state index contributed by atoms with van der Waals surface area (Å²) >= 11 is 0. The monoisotopic (exact) mass is 384 g/mol. The molecule has 28 heavy (non-hydrogen) atoms. The highest BCUT2D eigenvalue weighted by atomic mass is 19.4. The van der Waals surface area contributed by atoms with Crippen LogP contribution >= 0.6 is 0 Å². The summed E-state index contributed by atoms with van der Waals surface area (Å²) in [7, 11) is 0. The fourth-order valence-corrected chi connectivity index (χ4v) is 3.41. The van der Waals surface area contributed by atoms with E-state index < -0.39 is 11.7 Å². The number of hydrogen-bond donors (Lipinski definition) is 0. The van der Waals surface area contributed by atoms with Crippen LogP contribution in [0.5, 0.6) is 5.75 Å². The Balaban J connectivity index is 1.67. The van der Waals surface area contributed by atoms with Crippen LogP contribution in [0.25, 0.3) is 21.8 Å². The molecule has 0 amide bonds. The molecule has 144 valence electrons. The number of benzene rings is 3. The minimum atomic E-state index is -4.39. The molecular formula is C22H19F3N2O. The third kappa shape index (κ3) is 3.42. The minimum Gasteiger partial charge on any atom is -0.486 e. The van der Waals surface area contributed by atoms with Gasteiger partial charge in [0.15, 0.2) is 0 Å². The highest BCUT2D eigenvalue weighted by Gasteiger charge is 2.31. The molecule has 1 heterocycles. The average Bonchev–Trinajstić information content (AvgIpc) is 3.03. The molecule has 4 aromatic rings. The lowest BCUT2D eigenvalue weighted by molar-refractivity contribution is -0.137. The first-order valence-electron chi connectivity index (χ1n) is 9.02.